The molecule has 0 bridgehead atoms. The van der Waals surface area contributed by atoms with Crippen molar-refractivity contribution in [3.05, 3.63) is 45.4 Å². The minimum atomic E-state index is 0.508. The van der Waals surface area contributed by atoms with E-state index in [2.05, 4.69) is 10.3 Å². The first-order valence-corrected chi connectivity index (χ1v) is 6.29. The standard InChI is InChI=1S/C12H11ClN2OS/c1-8-11(7-16)15-12(17-8)14-6-9-2-4-10(13)5-3-9/h2-5,7H,6H2,1H3,(H,14,15). The number of nitrogens with zero attached hydrogens (tertiary/aromatic N) is 1. The molecular formula is C12H11ClN2OS. The van der Waals surface area contributed by atoms with Crippen LogP contribution in [0.3, 0.4) is 0 Å². The zero-order valence-corrected chi connectivity index (χ0v) is 10.8. The summed E-state index contributed by atoms with van der Waals surface area (Å²) in [7, 11) is 0. The van der Waals surface area contributed by atoms with Gasteiger partial charge in [-0.1, -0.05) is 23.7 Å². The minimum Gasteiger partial charge on any atom is -0.357 e. The molecule has 1 heterocycles. The molecule has 0 amide bonds. The number of aromatic nitrogens is 1. The number of aldehydes is 1. The first-order valence-electron chi connectivity index (χ1n) is 5.10. The van der Waals surface area contributed by atoms with Crippen LogP contribution in [0.2, 0.25) is 5.02 Å². The third-order valence-electron chi connectivity index (χ3n) is 2.30. The summed E-state index contributed by atoms with van der Waals surface area (Å²) in [5.74, 6) is 0. The molecule has 88 valence electrons. The van der Waals surface area contributed by atoms with Gasteiger partial charge in [-0.25, -0.2) is 4.98 Å². The maximum Gasteiger partial charge on any atom is 0.183 e. The highest BCUT2D eigenvalue weighted by atomic mass is 35.5. The number of benzene rings is 1. The topological polar surface area (TPSA) is 42.0 Å². The Hall–Kier alpha value is -1.39. The Morgan fingerprint density at radius 3 is 2.71 bits per heavy atom. The van der Waals surface area contributed by atoms with Gasteiger partial charge < -0.3 is 5.32 Å². The van der Waals surface area contributed by atoms with E-state index in [1.807, 2.05) is 31.2 Å². The lowest BCUT2D eigenvalue weighted by Gasteiger charge is -2.02. The van der Waals surface area contributed by atoms with Crippen molar-refractivity contribution < 1.29 is 4.79 Å². The second-order valence-corrected chi connectivity index (χ2v) is 5.20. The average molecular weight is 267 g/mol. The van der Waals surface area contributed by atoms with Gasteiger partial charge in [-0.3, -0.25) is 4.79 Å². The highest BCUT2D eigenvalue weighted by Gasteiger charge is 2.05. The summed E-state index contributed by atoms with van der Waals surface area (Å²) in [5.41, 5.74) is 1.63. The van der Waals surface area contributed by atoms with Crippen molar-refractivity contribution in [3.8, 4) is 0 Å². The molecular weight excluding hydrogens is 256 g/mol. The third kappa shape index (κ3) is 3.05. The number of aryl methyl sites for hydroxylation is 1. The van der Waals surface area contributed by atoms with Crippen LogP contribution in [-0.4, -0.2) is 11.3 Å². The maximum atomic E-state index is 10.7. The van der Waals surface area contributed by atoms with E-state index in [0.717, 1.165) is 26.9 Å². The number of rotatable bonds is 4. The Morgan fingerprint density at radius 2 is 2.12 bits per heavy atom. The van der Waals surface area contributed by atoms with E-state index in [0.29, 0.717) is 12.2 Å². The lowest BCUT2D eigenvalue weighted by atomic mass is 10.2. The van der Waals surface area contributed by atoms with Crippen molar-refractivity contribution in [2.24, 2.45) is 0 Å². The Labute approximate surface area is 108 Å². The summed E-state index contributed by atoms with van der Waals surface area (Å²) in [5, 5.41) is 4.67. The molecule has 0 spiro atoms. The van der Waals surface area contributed by atoms with Crippen LogP contribution in [-0.2, 0) is 6.54 Å². The molecule has 3 nitrogen and oxygen atoms in total. The van der Waals surface area contributed by atoms with Gasteiger partial charge in [-0.2, -0.15) is 0 Å². The molecule has 1 N–H and O–H groups in total. The summed E-state index contributed by atoms with van der Waals surface area (Å²) < 4.78 is 0. The molecule has 5 heteroatoms. The lowest BCUT2D eigenvalue weighted by molar-refractivity contribution is 0.111. The van der Waals surface area contributed by atoms with Crippen LogP contribution in [0.5, 0.6) is 0 Å². The average Bonchev–Trinajstić information content (AvgIpc) is 2.69. The molecule has 2 aromatic rings. The molecule has 0 aliphatic heterocycles. The van der Waals surface area contributed by atoms with Crippen LogP contribution in [0.25, 0.3) is 0 Å². The number of nitrogens with one attached hydrogen (secondary N) is 1. The molecule has 0 saturated carbocycles. The Balaban J connectivity index is 2.02. The molecule has 0 fully saturated rings. The molecule has 0 aliphatic carbocycles. The highest BCUT2D eigenvalue weighted by Crippen LogP contribution is 2.21. The smallest absolute Gasteiger partial charge is 0.183 e. The van der Waals surface area contributed by atoms with E-state index in [1.54, 1.807) is 0 Å². The monoisotopic (exact) mass is 266 g/mol. The fraction of sp³-hybridized carbons (Fsp3) is 0.167. The van der Waals surface area contributed by atoms with E-state index in [1.165, 1.54) is 11.3 Å². The van der Waals surface area contributed by atoms with Gasteiger partial charge in [-0.15, -0.1) is 11.3 Å². The van der Waals surface area contributed by atoms with Gasteiger partial charge >= 0.3 is 0 Å². The van der Waals surface area contributed by atoms with Crippen molar-refractivity contribution in [1.29, 1.82) is 0 Å². The van der Waals surface area contributed by atoms with E-state index >= 15 is 0 Å². The zero-order valence-electron chi connectivity index (χ0n) is 9.24. The lowest BCUT2D eigenvalue weighted by Crippen LogP contribution is -1.98. The van der Waals surface area contributed by atoms with Gasteiger partial charge in [0.2, 0.25) is 0 Å². The highest BCUT2D eigenvalue weighted by molar-refractivity contribution is 7.15. The molecule has 0 aliphatic rings. The number of carbonyl (C=O) groups is 1. The third-order valence-corrected chi connectivity index (χ3v) is 3.50. The van der Waals surface area contributed by atoms with Crippen molar-refractivity contribution >= 4 is 34.4 Å². The van der Waals surface area contributed by atoms with Gasteiger partial charge in [0.25, 0.3) is 0 Å². The molecule has 0 radical (unpaired) electrons. The predicted molar refractivity (Wildman–Crippen MR) is 71.0 cm³/mol. The molecule has 0 saturated heterocycles. The molecule has 2 rings (SSSR count). The van der Waals surface area contributed by atoms with Crippen LogP contribution in [0.4, 0.5) is 5.13 Å². The quantitative estimate of drug-likeness (QED) is 0.861. The number of thiazole rings is 1. The first-order chi connectivity index (χ1) is 8.19. The molecule has 1 aromatic heterocycles. The van der Waals surface area contributed by atoms with Crippen molar-refractivity contribution in [2.75, 3.05) is 5.32 Å². The van der Waals surface area contributed by atoms with Crippen molar-refractivity contribution in [3.63, 3.8) is 0 Å². The van der Waals surface area contributed by atoms with Gasteiger partial charge in [0.15, 0.2) is 11.4 Å². The number of halogens is 1. The fourth-order valence-electron chi connectivity index (χ4n) is 1.37. The summed E-state index contributed by atoms with van der Waals surface area (Å²) in [6.07, 6.45) is 0.777. The Bertz CT molecular complexity index is 522. The van der Waals surface area contributed by atoms with Gasteiger partial charge in [-0.05, 0) is 24.6 Å². The summed E-state index contributed by atoms with van der Waals surface area (Å²) >= 11 is 7.28. The number of hydrogen-bond donors (Lipinski definition) is 1. The predicted octanol–water partition coefficient (Wildman–Crippen LogP) is 3.53. The van der Waals surface area contributed by atoms with Gasteiger partial charge in [0.1, 0.15) is 5.69 Å². The van der Waals surface area contributed by atoms with E-state index < -0.39 is 0 Å². The second-order valence-electron chi connectivity index (χ2n) is 3.56. The fourth-order valence-corrected chi connectivity index (χ4v) is 2.28. The maximum absolute atomic E-state index is 10.7. The molecule has 0 atom stereocenters. The number of anilines is 1. The van der Waals surface area contributed by atoms with E-state index in [9.17, 15) is 4.79 Å². The van der Waals surface area contributed by atoms with E-state index in [4.69, 9.17) is 11.6 Å². The number of carbonyl (C=O) groups excluding carboxylic acids is 1. The van der Waals surface area contributed by atoms with Gasteiger partial charge in [0, 0.05) is 16.4 Å². The van der Waals surface area contributed by atoms with Crippen molar-refractivity contribution in [1.82, 2.24) is 4.98 Å². The largest absolute Gasteiger partial charge is 0.357 e. The van der Waals surface area contributed by atoms with Crippen LogP contribution in [0.1, 0.15) is 20.9 Å². The van der Waals surface area contributed by atoms with Gasteiger partial charge in [0.05, 0.1) is 0 Å². The summed E-state index contributed by atoms with van der Waals surface area (Å²) in [6.45, 7) is 2.55. The van der Waals surface area contributed by atoms with Crippen LogP contribution < -0.4 is 5.32 Å². The van der Waals surface area contributed by atoms with Crippen LogP contribution >= 0.6 is 22.9 Å². The molecule has 0 unspecified atom stereocenters. The number of hydrogen-bond acceptors (Lipinski definition) is 4. The Morgan fingerprint density at radius 1 is 1.41 bits per heavy atom. The normalized spacial score (nSPS) is 10.2. The van der Waals surface area contributed by atoms with E-state index in [-0.39, 0.29) is 0 Å². The Kier molecular flexibility index (Phi) is 3.76. The molecule has 17 heavy (non-hydrogen) atoms. The first kappa shape index (κ1) is 12.1. The molecule has 1 aromatic carbocycles. The minimum absolute atomic E-state index is 0.508. The summed E-state index contributed by atoms with van der Waals surface area (Å²) in [4.78, 5) is 15.8. The summed E-state index contributed by atoms with van der Waals surface area (Å²) in [6, 6.07) is 7.61. The van der Waals surface area contributed by atoms with Crippen LogP contribution in [0, 0.1) is 6.92 Å². The SMILES string of the molecule is Cc1sc(NCc2ccc(Cl)cc2)nc1C=O. The van der Waals surface area contributed by atoms with Crippen LogP contribution in [0.15, 0.2) is 24.3 Å². The second kappa shape index (κ2) is 5.29. The zero-order chi connectivity index (χ0) is 12.3. The van der Waals surface area contributed by atoms with Crippen molar-refractivity contribution in [2.45, 2.75) is 13.5 Å².